The van der Waals surface area contributed by atoms with Gasteiger partial charge in [0.1, 0.15) is 12.0 Å². The van der Waals surface area contributed by atoms with Crippen molar-refractivity contribution in [3.8, 4) is 11.1 Å². The molecule has 1 aliphatic heterocycles. The van der Waals surface area contributed by atoms with Gasteiger partial charge in [0, 0.05) is 71.6 Å². The van der Waals surface area contributed by atoms with Crippen LogP contribution in [0.25, 0.3) is 22.0 Å². The summed E-state index contributed by atoms with van der Waals surface area (Å²) in [4.78, 5) is 36.9. The molecule has 1 aliphatic rings. The van der Waals surface area contributed by atoms with Gasteiger partial charge >= 0.3 is 5.97 Å². The van der Waals surface area contributed by atoms with Gasteiger partial charge in [-0.3, -0.25) is 24.5 Å². The van der Waals surface area contributed by atoms with Crippen molar-refractivity contribution in [2.45, 2.75) is 28.8 Å². The van der Waals surface area contributed by atoms with Gasteiger partial charge in [-0.05, 0) is 71.3 Å². The van der Waals surface area contributed by atoms with E-state index >= 15 is 0 Å². The molecule has 0 bridgehead atoms. The van der Waals surface area contributed by atoms with Crippen LogP contribution in [-0.2, 0) is 21.4 Å². The molecule has 2 heterocycles. The number of piperazine rings is 1. The zero-order valence-corrected chi connectivity index (χ0v) is 32.9. The highest BCUT2D eigenvalue weighted by atomic mass is 35.5. The number of rotatable bonds is 15. The Hall–Kier alpha value is -5.74. The summed E-state index contributed by atoms with van der Waals surface area (Å²) in [5.41, 5.74) is 4.51. The zero-order valence-electron chi connectivity index (χ0n) is 30.5. The van der Waals surface area contributed by atoms with Crippen LogP contribution < -0.4 is 14.9 Å². The van der Waals surface area contributed by atoms with Crippen LogP contribution in [0, 0.1) is 10.1 Å². The van der Waals surface area contributed by atoms with E-state index in [1.54, 1.807) is 6.07 Å². The van der Waals surface area contributed by atoms with Crippen molar-refractivity contribution < 1.29 is 23.2 Å². The molecule has 1 fully saturated rings. The van der Waals surface area contributed by atoms with Crippen molar-refractivity contribution >= 4 is 73.1 Å². The minimum Gasteiger partial charge on any atom is -0.481 e. The first-order valence-corrected chi connectivity index (χ1v) is 20.9. The number of carboxylic acids is 1. The van der Waals surface area contributed by atoms with Crippen LogP contribution in [0.15, 0.2) is 131 Å². The highest BCUT2D eigenvalue weighted by molar-refractivity contribution is 7.99. The molecule has 0 spiro atoms. The van der Waals surface area contributed by atoms with Gasteiger partial charge in [0.25, 0.3) is 15.7 Å². The van der Waals surface area contributed by atoms with Crippen LogP contribution in [0.5, 0.6) is 0 Å². The monoisotopic (exact) mass is 823 g/mol. The molecule has 6 aromatic rings. The molecule has 3 N–H and O–H groups in total. The third kappa shape index (κ3) is 9.81. The highest BCUT2D eigenvalue weighted by Gasteiger charge is 2.26. The van der Waals surface area contributed by atoms with Gasteiger partial charge in [0.15, 0.2) is 5.82 Å². The molecule has 5 aromatic carbocycles. The number of benzene rings is 5. The van der Waals surface area contributed by atoms with Gasteiger partial charge in [-0.2, -0.15) is 0 Å². The topological polar surface area (TPSA) is 171 Å². The van der Waals surface area contributed by atoms with Gasteiger partial charge in [-0.1, -0.05) is 66.2 Å². The van der Waals surface area contributed by atoms with Crippen LogP contribution in [0.2, 0.25) is 5.02 Å². The number of carboxylic acid groups (broad SMARTS) is 1. The minimum absolute atomic E-state index is 0.00228. The summed E-state index contributed by atoms with van der Waals surface area (Å²) in [7, 11) is -4.35. The lowest BCUT2D eigenvalue weighted by molar-refractivity contribution is -0.384. The van der Waals surface area contributed by atoms with E-state index in [0.29, 0.717) is 21.7 Å². The summed E-state index contributed by atoms with van der Waals surface area (Å²) in [5, 5.41) is 25.8. The summed E-state index contributed by atoms with van der Waals surface area (Å²) >= 11 is 7.53. The lowest BCUT2D eigenvalue weighted by Gasteiger charge is -2.36. The van der Waals surface area contributed by atoms with Gasteiger partial charge in [-0.25, -0.2) is 18.4 Å². The van der Waals surface area contributed by atoms with E-state index in [2.05, 4.69) is 48.0 Å². The molecule has 0 aliphatic carbocycles. The normalized spacial score (nSPS) is 13.9. The molecule has 0 radical (unpaired) electrons. The van der Waals surface area contributed by atoms with Crippen LogP contribution >= 0.6 is 23.4 Å². The highest BCUT2D eigenvalue weighted by Crippen LogP contribution is 2.33. The Kier molecular flexibility index (Phi) is 12.2. The number of anilines is 3. The molecule has 57 heavy (non-hydrogen) atoms. The molecule has 1 aromatic heterocycles. The Morgan fingerprint density at radius 1 is 0.912 bits per heavy atom. The smallest absolute Gasteiger partial charge is 0.305 e. The Morgan fingerprint density at radius 2 is 1.65 bits per heavy atom. The number of nitro benzene ring substituents is 1. The number of thioether (sulfide) groups is 1. The van der Waals surface area contributed by atoms with Gasteiger partial charge in [0.2, 0.25) is 0 Å². The molecule has 1 saturated heterocycles. The van der Waals surface area contributed by atoms with Crippen LogP contribution in [0.1, 0.15) is 12.0 Å². The second kappa shape index (κ2) is 17.6. The average Bonchev–Trinajstić information content (AvgIpc) is 3.21. The number of halogens is 1. The second-order valence-corrected chi connectivity index (χ2v) is 16.7. The summed E-state index contributed by atoms with van der Waals surface area (Å²) < 4.78 is 29.8. The zero-order chi connectivity index (χ0) is 39.9. The van der Waals surface area contributed by atoms with Crippen molar-refractivity contribution in [2.24, 2.45) is 0 Å². The quantitative estimate of drug-likeness (QED) is 0.0518. The third-order valence-electron chi connectivity index (χ3n) is 9.61. The van der Waals surface area contributed by atoms with Crippen LogP contribution in [0.4, 0.5) is 22.9 Å². The number of nitro groups is 1. The fourth-order valence-electron chi connectivity index (χ4n) is 6.73. The first-order chi connectivity index (χ1) is 27.5. The molecule has 7 rings (SSSR count). The maximum absolute atomic E-state index is 13.6. The van der Waals surface area contributed by atoms with Gasteiger partial charge < -0.3 is 15.3 Å². The van der Waals surface area contributed by atoms with Crippen LogP contribution in [-0.4, -0.2) is 77.3 Å². The second-order valence-electron chi connectivity index (χ2n) is 13.5. The SMILES string of the molecule is O=C(O)C[C@H](CSc1ccccc1)Nc1ccc(S(=O)(=O)Nc2ncnc3cc(N4CCN(Cc5ccccc5-c5ccc(Cl)cc5)CC4)ccc23)cc1[N+](=O)[O-]. The molecule has 1 atom stereocenters. The Morgan fingerprint density at radius 3 is 2.39 bits per heavy atom. The van der Waals surface area contributed by atoms with Crippen molar-refractivity contribution in [1.82, 2.24) is 14.9 Å². The summed E-state index contributed by atoms with van der Waals surface area (Å²) in [5.74, 6) is -0.753. The molecule has 0 saturated carbocycles. The van der Waals surface area contributed by atoms with Crippen LogP contribution in [0.3, 0.4) is 0 Å². The molecular weight excluding hydrogens is 786 g/mol. The first-order valence-electron chi connectivity index (χ1n) is 18.1. The van der Waals surface area contributed by atoms with E-state index in [9.17, 15) is 28.4 Å². The molecule has 0 amide bonds. The molecule has 13 nitrogen and oxygen atoms in total. The minimum atomic E-state index is -4.35. The van der Waals surface area contributed by atoms with E-state index < -0.39 is 32.6 Å². The van der Waals surface area contributed by atoms with Gasteiger partial charge in [-0.15, -0.1) is 11.8 Å². The lowest BCUT2D eigenvalue weighted by Crippen LogP contribution is -2.46. The maximum atomic E-state index is 13.6. The number of aliphatic carboxylic acids is 1. The Labute approximate surface area is 338 Å². The summed E-state index contributed by atoms with van der Waals surface area (Å²) in [6.07, 6.45) is 0.962. The molecule has 292 valence electrons. The molecule has 16 heteroatoms. The predicted octanol–water partition coefficient (Wildman–Crippen LogP) is 8.03. The number of nitrogens with zero attached hydrogens (tertiary/aromatic N) is 5. The van der Waals surface area contributed by atoms with E-state index in [1.807, 2.05) is 72.8 Å². The number of hydrogen-bond acceptors (Lipinski definition) is 11. The van der Waals surface area contributed by atoms with Crippen molar-refractivity contribution in [3.05, 3.63) is 142 Å². The number of fused-ring (bicyclic) bond motifs is 1. The molecule has 0 unspecified atom stereocenters. The van der Waals surface area contributed by atoms with Crippen molar-refractivity contribution in [2.75, 3.05) is 46.9 Å². The third-order valence-corrected chi connectivity index (χ3v) is 12.4. The van der Waals surface area contributed by atoms with E-state index in [-0.39, 0.29) is 22.8 Å². The molecular formula is C41H38ClN7O6S2. The largest absolute Gasteiger partial charge is 0.481 e. The van der Waals surface area contributed by atoms with E-state index in [4.69, 9.17) is 11.6 Å². The number of carbonyl (C=O) groups is 1. The van der Waals surface area contributed by atoms with E-state index in [1.165, 1.54) is 41.3 Å². The summed E-state index contributed by atoms with van der Waals surface area (Å²) in [6, 6.07) is 34.0. The van der Waals surface area contributed by atoms with Crippen molar-refractivity contribution in [3.63, 3.8) is 0 Å². The predicted molar refractivity (Wildman–Crippen MR) is 225 cm³/mol. The Balaban J connectivity index is 1.02. The Bertz CT molecular complexity index is 2500. The summed E-state index contributed by atoms with van der Waals surface area (Å²) in [6.45, 7) is 4.06. The maximum Gasteiger partial charge on any atom is 0.305 e. The van der Waals surface area contributed by atoms with E-state index in [0.717, 1.165) is 54.9 Å². The van der Waals surface area contributed by atoms with Crippen molar-refractivity contribution in [1.29, 1.82) is 0 Å². The number of aromatic nitrogens is 2. The average molecular weight is 824 g/mol. The first kappa shape index (κ1) is 39.5. The number of sulfonamides is 1. The number of hydrogen-bond donors (Lipinski definition) is 3. The number of nitrogens with one attached hydrogen (secondary N) is 2. The fraction of sp³-hybridized carbons (Fsp3) is 0.195. The standard InChI is InChI=1S/C41H38ClN7O6S2/c42-30-12-10-28(11-13-30)35-9-5-4-6-29(35)25-47-18-20-48(21-19-47)32-14-16-36-38(23-32)43-27-44-41(36)46-57(54,55)34-15-17-37(39(24-34)49(52)53)45-31(22-40(50)51)26-56-33-7-2-1-3-8-33/h1-17,23-24,27,31,45H,18-22,25-26H2,(H,50,51)(H,43,44,46)/t31-/m1/s1. The van der Waals surface area contributed by atoms with Gasteiger partial charge in [0.05, 0.1) is 21.8 Å². The lowest BCUT2D eigenvalue weighted by atomic mass is 9.99. The fourth-order valence-corrected chi connectivity index (χ4v) is 8.85.